The van der Waals surface area contributed by atoms with E-state index in [1.54, 1.807) is 13.1 Å². The van der Waals surface area contributed by atoms with Crippen molar-refractivity contribution in [3.05, 3.63) is 41.8 Å². The van der Waals surface area contributed by atoms with Gasteiger partial charge < -0.3 is 9.52 Å². The van der Waals surface area contributed by atoms with Gasteiger partial charge in [-0.1, -0.05) is 17.7 Å². The van der Waals surface area contributed by atoms with Crippen LogP contribution in [0.15, 0.2) is 34.9 Å². The van der Waals surface area contributed by atoms with Crippen LogP contribution in [-0.2, 0) is 0 Å². The van der Waals surface area contributed by atoms with E-state index in [4.69, 9.17) is 4.42 Å². The van der Waals surface area contributed by atoms with Crippen LogP contribution >= 0.6 is 0 Å². The number of aromatic nitrogens is 1. The van der Waals surface area contributed by atoms with Crippen LogP contribution in [-0.4, -0.2) is 10.1 Å². The fourth-order valence-corrected chi connectivity index (χ4v) is 1.31. The molecule has 0 saturated heterocycles. The van der Waals surface area contributed by atoms with Gasteiger partial charge in [-0.25, -0.2) is 4.98 Å². The maximum absolute atomic E-state index is 9.29. The van der Waals surface area contributed by atoms with E-state index in [2.05, 4.69) is 4.98 Å². The first-order valence-electron chi connectivity index (χ1n) is 4.87. The van der Waals surface area contributed by atoms with E-state index < -0.39 is 6.10 Å². The smallest absolute Gasteiger partial charge is 0.226 e. The van der Waals surface area contributed by atoms with Crippen LogP contribution in [0, 0.1) is 6.92 Å². The predicted octanol–water partition coefficient (Wildman–Crippen LogP) is 2.70. The molecule has 1 aromatic heterocycles. The Balaban J connectivity index is 2.33. The van der Waals surface area contributed by atoms with E-state index in [1.165, 1.54) is 5.56 Å². The highest BCUT2D eigenvalue weighted by atomic mass is 16.4. The van der Waals surface area contributed by atoms with E-state index in [0.717, 1.165) is 5.56 Å². The number of aliphatic hydroxyl groups is 1. The SMILES string of the molecule is Cc1ccc(-c2ncc(C(C)O)o2)cc1. The second-order valence-corrected chi connectivity index (χ2v) is 3.61. The Bertz CT molecular complexity index is 443. The van der Waals surface area contributed by atoms with Crippen molar-refractivity contribution in [1.29, 1.82) is 0 Å². The molecule has 0 bridgehead atoms. The summed E-state index contributed by atoms with van der Waals surface area (Å²) >= 11 is 0. The van der Waals surface area contributed by atoms with Crippen LogP contribution in [0.2, 0.25) is 0 Å². The Kier molecular flexibility index (Phi) is 2.56. The first kappa shape index (κ1) is 9.93. The molecule has 2 aromatic rings. The lowest BCUT2D eigenvalue weighted by Crippen LogP contribution is -1.85. The lowest BCUT2D eigenvalue weighted by atomic mass is 10.1. The molecule has 0 saturated carbocycles. The minimum absolute atomic E-state index is 0.491. The number of rotatable bonds is 2. The average Bonchev–Trinajstić information content (AvgIpc) is 2.68. The highest BCUT2D eigenvalue weighted by molar-refractivity contribution is 5.53. The molecule has 1 aromatic carbocycles. The van der Waals surface area contributed by atoms with Crippen molar-refractivity contribution < 1.29 is 9.52 Å². The fraction of sp³-hybridized carbons (Fsp3) is 0.250. The van der Waals surface area contributed by atoms with Gasteiger partial charge in [0.05, 0.1) is 6.20 Å². The van der Waals surface area contributed by atoms with Crippen molar-refractivity contribution in [1.82, 2.24) is 4.98 Å². The van der Waals surface area contributed by atoms with Crippen LogP contribution in [0.4, 0.5) is 0 Å². The Hall–Kier alpha value is -1.61. The molecule has 3 heteroatoms. The number of hydrogen-bond donors (Lipinski definition) is 1. The van der Waals surface area contributed by atoms with Gasteiger partial charge in [-0.2, -0.15) is 0 Å². The second-order valence-electron chi connectivity index (χ2n) is 3.61. The zero-order chi connectivity index (χ0) is 10.8. The van der Waals surface area contributed by atoms with E-state index >= 15 is 0 Å². The standard InChI is InChI=1S/C12H13NO2/c1-8-3-5-10(6-4-8)12-13-7-11(15-12)9(2)14/h3-7,9,14H,1-2H3. The van der Waals surface area contributed by atoms with Crippen molar-refractivity contribution in [2.24, 2.45) is 0 Å². The third kappa shape index (κ3) is 2.07. The van der Waals surface area contributed by atoms with Gasteiger partial charge in [-0.15, -0.1) is 0 Å². The van der Waals surface area contributed by atoms with Crippen molar-refractivity contribution in [2.75, 3.05) is 0 Å². The predicted molar refractivity (Wildman–Crippen MR) is 57.3 cm³/mol. The maximum atomic E-state index is 9.29. The summed E-state index contributed by atoms with van der Waals surface area (Å²) in [7, 11) is 0. The van der Waals surface area contributed by atoms with Crippen LogP contribution in [0.3, 0.4) is 0 Å². The fourth-order valence-electron chi connectivity index (χ4n) is 1.31. The molecule has 0 aliphatic heterocycles. The van der Waals surface area contributed by atoms with Gasteiger partial charge >= 0.3 is 0 Å². The van der Waals surface area contributed by atoms with Gasteiger partial charge in [-0.05, 0) is 26.0 Å². The van der Waals surface area contributed by atoms with Crippen LogP contribution < -0.4 is 0 Å². The Morgan fingerprint density at radius 1 is 1.27 bits per heavy atom. The van der Waals surface area contributed by atoms with Crippen molar-refractivity contribution in [3.63, 3.8) is 0 Å². The Morgan fingerprint density at radius 3 is 2.47 bits per heavy atom. The van der Waals surface area contributed by atoms with Gasteiger partial charge in [0.1, 0.15) is 6.10 Å². The maximum Gasteiger partial charge on any atom is 0.226 e. The first-order chi connectivity index (χ1) is 7.16. The minimum Gasteiger partial charge on any atom is -0.438 e. The summed E-state index contributed by atoms with van der Waals surface area (Å²) in [4.78, 5) is 4.11. The zero-order valence-corrected chi connectivity index (χ0v) is 8.77. The summed E-state index contributed by atoms with van der Waals surface area (Å²) in [6, 6.07) is 7.91. The highest BCUT2D eigenvalue weighted by Gasteiger charge is 2.09. The Labute approximate surface area is 88.4 Å². The van der Waals surface area contributed by atoms with Gasteiger partial charge in [0.25, 0.3) is 0 Å². The normalized spacial score (nSPS) is 12.7. The third-order valence-corrected chi connectivity index (χ3v) is 2.23. The largest absolute Gasteiger partial charge is 0.438 e. The molecular formula is C12H13NO2. The molecule has 78 valence electrons. The molecule has 15 heavy (non-hydrogen) atoms. The third-order valence-electron chi connectivity index (χ3n) is 2.23. The molecule has 0 radical (unpaired) electrons. The number of aryl methyl sites for hydroxylation is 1. The van der Waals surface area contributed by atoms with Crippen molar-refractivity contribution in [2.45, 2.75) is 20.0 Å². The van der Waals surface area contributed by atoms with E-state index in [0.29, 0.717) is 11.7 Å². The molecule has 3 nitrogen and oxygen atoms in total. The summed E-state index contributed by atoms with van der Waals surface area (Å²) in [6.07, 6.45) is 0.941. The monoisotopic (exact) mass is 203 g/mol. The number of nitrogens with zero attached hydrogens (tertiary/aromatic N) is 1. The second kappa shape index (κ2) is 3.87. The summed E-state index contributed by atoms with van der Waals surface area (Å²) in [6.45, 7) is 3.68. The van der Waals surface area contributed by atoms with Crippen molar-refractivity contribution in [3.8, 4) is 11.5 Å². The van der Waals surface area contributed by atoms with Crippen LogP contribution in [0.1, 0.15) is 24.4 Å². The number of aliphatic hydroxyl groups excluding tert-OH is 1. The van der Waals surface area contributed by atoms with Gasteiger partial charge in [0, 0.05) is 5.56 Å². The highest BCUT2D eigenvalue weighted by Crippen LogP contribution is 2.22. The molecule has 0 amide bonds. The van der Waals surface area contributed by atoms with E-state index in [1.807, 2.05) is 31.2 Å². The summed E-state index contributed by atoms with van der Waals surface area (Å²) < 4.78 is 5.41. The van der Waals surface area contributed by atoms with Crippen LogP contribution in [0.25, 0.3) is 11.5 Å². The molecule has 1 atom stereocenters. The molecule has 2 rings (SSSR count). The van der Waals surface area contributed by atoms with Gasteiger partial charge in [-0.3, -0.25) is 0 Å². The molecule has 0 fully saturated rings. The lowest BCUT2D eigenvalue weighted by molar-refractivity contribution is 0.170. The quantitative estimate of drug-likeness (QED) is 0.816. The molecule has 0 aliphatic rings. The zero-order valence-electron chi connectivity index (χ0n) is 8.77. The number of oxazole rings is 1. The molecule has 1 heterocycles. The molecule has 0 aliphatic carbocycles. The number of hydrogen-bond acceptors (Lipinski definition) is 3. The van der Waals surface area contributed by atoms with E-state index in [-0.39, 0.29) is 0 Å². The van der Waals surface area contributed by atoms with Crippen LogP contribution in [0.5, 0.6) is 0 Å². The lowest BCUT2D eigenvalue weighted by Gasteiger charge is -1.98. The minimum atomic E-state index is -0.614. The molecule has 1 N–H and O–H groups in total. The van der Waals surface area contributed by atoms with Gasteiger partial charge in [0.2, 0.25) is 5.89 Å². The first-order valence-corrected chi connectivity index (χ1v) is 4.87. The summed E-state index contributed by atoms with van der Waals surface area (Å²) in [5, 5.41) is 9.29. The summed E-state index contributed by atoms with van der Waals surface area (Å²) in [5.74, 6) is 1.04. The number of benzene rings is 1. The topological polar surface area (TPSA) is 46.3 Å². The van der Waals surface area contributed by atoms with E-state index in [9.17, 15) is 5.11 Å². The van der Waals surface area contributed by atoms with Gasteiger partial charge in [0.15, 0.2) is 5.76 Å². The molecular weight excluding hydrogens is 190 g/mol. The summed E-state index contributed by atoms with van der Waals surface area (Å²) in [5.41, 5.74) is 2.12. The molecule has 1 unspecified atom stereocenters. The average molecular weight is 203 g/mol. The Morgan fingerprint density at radius 2 is 1.93 bits per heavy atom. The molecule has 0 spiro atoms. The van der Waals surface area contributed by atoms with Crippen molar-refractivity contribution >= 4 is 0 Å².